The smallest absolute Gasteiger partial charge is 0.264 e. The summed E-state index contributed by atoms with van der Waals surface area (Å²) in [5.74, 6) is -0.903. The highest BCUT2D eigenvalue weighted by Gasteiger charge is 2.34. The van der Waals surface area contributed by atoms with Crippen LogP contribution in [0.4, 0.5) is 5.69 Å². The molecule has 1 atom stereocenters. The van der Waals surface area contributed by atoms with Crippen molar-refractivity contribution < 1.29 is 18.0 Å². The molecule has 0 saturated heterocycles. The van der Waals surface area contributed by atoms with Gasteiger partial charge in [-0.05, 0) is 74.7 Å². The summed E-state index contributed by atoms with van der Waals surface area (Å²) in [6.07, 6.45) is 4.96. The SMILES string of the molecule is Cc1ccccc1N(CC(=O)N(Cc1c(Cl)cccc1Cl)C(C)C(=O)NC1CCCCC1)S(=O)(=O)c1ccc(Cl)cc1. The van der Waals surface area contributed by atoms with Crippen molar-refractivity contribution in [3.8, 4) is 0 Å². The molecular weight excluding hydrogens is 617 g/mol. The van der Waals surface area contributed by atoms with E-state index in [1.54, 1.807) is 56.3 Å². The van der Waals surface area contributed by atoms with Crippen molar-refractivity contribution in [2.45, 2.75) is 69.5 Å². The van der Waals surface area contributed by atoms with E-state index in [2.05, 4.69) is 5.32 Å². The zero-order valence-corrected chi connectivity index (χ0v) is 26.6. The second-order valence-corrected chi connectivity index (χ2v) is 13.6. The normalized spacial score (nSPS) is 14.7. The fourth-order valence-electron chi connectivity index (χ4n) is 5.10. The molecule has 3 aromatic carbocycles. The molecule has 0 spiro atoms. The number of nitrogens with zero attached hydrogens (tertiary/aromatic N) is 2. The number of carbonyl (C=O) groups is 2. The maximum atomic E-state index is 14.2. The van der Waals surface area contributed by atoms with E-state index in [4.69, 9.17) is 34.8 Å². The number of hydrogen-bond donors (Lipinski definition) is 1. The molecule has 1 unspecified atom stereocenters. The Hall–Kier alpha value is -2.78. The van der Waals surface area contributed by atoms with Crippen LogP contribution in [0, 0.1) is 6.92 Å². The zero-order valence-electron chi connectivity index (χ0n) is 23.5. The van der Waals surface area contributed by atoms with Gasteiger partial charge in [-0.1, -0.05) is 78.3 Å². The fourth-order valence-corrected chi connectivity index (χ4v) is 7.22. The summed E-state index contributed by atoms with van der Waals surface area (Å²) in [6.45, 7) is 2.76. The molecule has 1 N–H and O–H groups in total. The van der Waals surface area contributed by atoms with Crippen molar-refractivity contribution in [3.05, 3.63) is 92.9 Å². The molecule has 2 amide bonds. The molecule has 0 radical (unpaired) electrons. The van der Waals surface area contributed by atoms with Crippen LogP contribution in [0.1, 0.15) is 50.2 Å². The van der Waals surface area contributed by atoms with Gasteiger partial charge in [0.1, 0.15) is 12.6 Å². The molecule has 0 bridgehead atoms. The number of benzene rings is 3. The summed E-state index contributed by atoms with van der Waals surface area (Å²) < 4.78 is 29.0. The predicted octanol–water partition coefficient (Wildman–Crippen LogP) is 7.02. The van der Waals surface area contributed by atoms with Gasteiger partial charge in [0.15, 0.2) is 0 Å². The summed E-state index contributed by atoms with van der Waals surface area (Å²) in [5, 5.41) is 4.14. The molecule has 7 nitrogen and oxygen atoms in total. The number of hydrogen-bond acceptors (Lipinski definition) is 4. The zero-order chi connectivity index (χ0) is 30.4. The Bertz CT molecular complexity index is 1510. The minimum absolute atomic E-state index is 0.0215. The monoisotopic (exact) mass is 649 g/mol. The number of halogens is 3. The first kappa shape index (κ1) is 32.1. The minimum Gasteiger partial charge on any atom is -0.352 e. The van der Waals surface area contributed by atoms with Crippen molar-refractivity contribution >= 4 is 62.3 Å². The molecule has 224 valence electrons. The molecule has 3 aromatic rings. The van der Waals surface area contributed by atoms with Crippen LogP contribution in [0.3, 0.4) is 0 Å². The number of amides is 2. The molecule has 0 heterocycles. The van der Waals surface area contributed by atoms with Crippen LogP contribution in [0.5, 0.6) is 0 Å². The second kappa shape index (κ2) is 14.1. The van der Waals surface area contributed by atoms with Crippen LogP contribution >= 0.6 is 34.8 Å². The number of anilines is 1. The van der Waals surface area contributed by atoms with Crippen molar-refractivity contribution in [2.75, 3.05) is 10.8 Å². The Morgan fingerprint density at radius 3 is 2.14 bits per heavy atom. The van der Waals surface area contributed by atoms with Crippen LogP contribution in [0.15, 0.2) is 71.6 Å². The van der Waals surface area contributed by atoms with Gasteiger partial charge >= 0.3 is 0 Å². The van der Waals surface area contributed by atoms with Crippen molar-refractivity contribution in [3.63, 3.8) is 0 Å². The maximum Gasteiger partial charge on any atom is 0.264 e. The molecular formula is C31H34Cl3N3O4S. The van der Waals surface area contributed by atoms with Gasteiger partial charge < -0.3 is 10.2 Å². The number of sulfonamides is 1. The lowest BCUT2D eigenvalue weighted by Gasteiger charge is -2.34. The van der Waals surface area contributed by atoms with Crippen LogP contribution in [-0.2, 0) is 26.2 Å². The number of rotatable bonds is 10. The Morgan fingerprint density at radius 1 is 0.905 bits per heavy atom. The summed E-state index contributed by atoms with van der Waals surface area (Å²) in [4.78, 5) is 28.9. The maximum absolute atomic E-state index is 14.2. The summed E-state index contributed by atoms with van der Waals surface area (Å²) >= 11 is 18.9. The van der Waals surface area contributed by atoms with Gasteiger partial charge in [0.05, 0.1) is 10.6 Å². The Kier molecular flexibility index (Phi) is 10.8. The Labute approximate surface area is 262 Å². The third-order valence-electron chi connectivity index (χ3n) is 7.57. The van der Waals surface area contributed by atoms with E-state index in [0.717, 1.165) is 36.4 Å². The van der Waals surface area contributed by atoms with E-state index >= 15 is 0 Å². The van der Waals surface area contributed by atoms with Crippen molar-refractivity contribution in [1.82, 2.24) is 10.2 Å². The summed E-state index contributed by atoms with van der Waals surface area (Å²) in [5.41, 5.74) is 1.47. The predicted molar refractivity (Wildman–Crippen MR) is 169 cm³/mol. The van der Waals surface area contributed by atoms with Gasteiger partial charge in [-0.15, -0.1) is 0 Å². The number of aryl methyl sites for hydroxylation is 1. The van der Waals surface area contributed by atoms with Gasteiger partial charge in [-0.25, -0.2) is 8.42 Å². The highest BCUT2D eigenvalue weighted by Crippen LogP contribution is 2.30. The van der Waals surface area contributed by atoms with Gasteiger partial charge in [0, 0.05) is 33.2 Å². The van der Waals surface area contributed by atoms with Crippen molar-refractivity contribution in [1.29, 1.82) is 0 Å². The van der Waals surface area contributed by atoms with E-state index in [1.165, 1.54) is 29.2 Å². The molecule has 1 fully saturated rings. The molecule has 1 aliphatic rings. The highest BCUT2D eigenvalue weighted by molar-refractivity contribution is 7.92. The highest BCUT2D eigenvalue weighted by atomic mass is 35.5. The topological polar surface area (TPSA) is 86.8 Å². The van der Waals surface area contributed by atoms with E-state index in [9.17, 15) is 18.0 Å². The van der Waals surface area contributed by atoms with Crippen LogP contribution < -0.4 is 9.62 Å². The van der Waals surface area contributed by atoms with Crippen molar-refractivity contribution in [2.24, 2.45) is 0 Å². The van der Waals surface area contributed by atoms with E-state index in [1.807, 2.05) is 0 Å². The van der Waals surface area contributed by atoms with E-state index in [0.29, 0.717) is 31.9 Å². The molecule has 4 rings (SSSR count). The summed E-state index contributed by atoms with van der Waals surface area (Å²) in [6, 6.07) is 16.8. The Balaban J connectivity index is 1.72. The average Bonchev–Trinajstić information content (AvgIpc) is 2.96. The first-order valence-electron chi connectivity index (χ1n) is 13.9. The molecule has 1 aliphatic carbocycles. The number of nitrogens with one attached hydrogen (secondary N) is 1. The second-order valence-electron chi connectivity index (χ2n) is 10.5. The fraction of sp³-hybridized carbons (Fsp3) is 0.355. The molecule has 0 aliphatic heterocycles. The molecule has 11 heteroatoms. The van der Waals surface area contributed by atoms with E-state index in [-0.39, 0.29) is 23.4 Å². The van der Waals surface area contributed by atoms with Crippen LogP contribution in [-0.4, -0.2) is 43.8 Å². The standard InChI is InChI=1S/C31H34Cl3N3O4S/c1-21-9-6-7-14-29(21)37(42(40,41)25-17-15-23(32)16-18-25)20-30(38)36(19-26-27(33)12-8-13-28(26)34)22(2)31(39)35-24-10-4-3-5-11-24/h6-9,12-18,22,24H,3-5,10-11,19-20H2,1-2H3,(H,35,39). The lowest BCUT2D eigenvalue weighted by atomic mass is 9.95. The van der Waals surface area contributed by atoms with E-state index < -0.39 is 28.5 Å². The quantitative estimate of drug-likeness (QED) is 0.256. The molecule has 0 aromatic heterocycles. The first-order valence-corrected chi connectivity index (χ1v) is 16.4. The molecule has 1 saturated carbocycles. The van der Waals surface area contributed by atoms with Gasteiger partial charge in [0.2, 0.25) is 11.8 Å². The Morgan fingerprint density at radius 2 is 1.52 bits per heavy atom. The minimum atomic E-state index is -4.21. The number of para-hydroxylation sites is 1. The molecule has 42 heavy (non-hydrogen) atoms. The average molecular weight is 651 g/mol. The first-order chi connectivity index (χ1) is 20.0. The largest absolute Gasteiger partial charge is 0.352 e. The van der Waals surface area contributed by atoms with Crippen LogP contribution in [0.2, 0.25) is 15.1 Å². The van der Waals surface area contributed by atoms with Gasteiger partial charge in [-0.2, -0.15) is 0 Å². The third-order valence-corrected chi connectivity index (χ3v) is 10.3. The van der Waals surface area contributed by atoms with Gasteiger partial charge in [-0.3, -0.25) is 13.9 Å². The third kappa shape index (κ3) is 7.59. The lowest BCUT2D eigenvalue weighted by molar-refractivity contribution is -0.139. The van der Waals surface area contributed by atoms with Gasteiger partial charge in [0.25, 0.3) is 10.0 Å². The lowest BCUT2D eigenvalue weighted by Crippen LogP contribution is -2.53. The summed E-state index contributed by atoms with van der Waals surface area (Å²) in [7, 11) is -4.21. The number of carbonyl (C=O) groups excluding carboxylic acids is 2. The van der Waals surface area contributed by atoms with Crippen LogP contribution in [0.25, 0.3) is 0 Å².